The summed E-state index contributed by atoms with van der Waals surface area (Å²) in [6, 6.07) is 36.7. The zero-order valence-electron chi connectivity index (χ0n) is 23.5. The second kappa shape index (κ2) is 14.2. The third-order valence-electron chi connectivity index (χ3n) is 6.59. The maximum atomic E-state index is 6.19. The monoisotopic (exact) mass is 584 g/mol. The summed E-state index contributed by atoms with van der Waals surface area (Å²) < 4.78 is 18.6. The number of hydrogen-bond acceptors (Lipinski definition) is 6. The Balaban J connectivity index is 1.30. The van der Waals surface area contributed by atoms with Gasteiger partial charge in [0.1, 0.15) is 37.1 Å². The van der Waals surface area contributed by atoms with Crippen LogP contribution in [0.3, 0.4) is 0 Å². The normalized spacial score (nSPS) is 10.8. The minimum absolute atomic E-state index is 0.460. The Bertz CT molecular complexity index is 1530. The zero-order valence-corrected chi connectivity index (χ0v) is 24.3. The van der Waals surface area contributed by atoms with Crippen LogP contribution in [0.1, 0.15) is 16.7 Å². The van der Waals surface area contributed by atoms with Crippen LogP contribution < -0.4 is 14.2 Å². The van der Waals surface area contributed by atoms with E-state index >= 15 is 0 Å². The first-order chi connectivity index (χ1) is 21.3. The summed E-state index contributed by atoms with van der Waals surface area (Å²) in [5, 5.41) is 0. The molecule has 3 heterocycles. The molecule has 0 aliphatic rings. The molecular weight excluding hydrogens is 554 g/mol. The van der Waals surface area contributed by atoms with Crippen LogP contribution in [0.4, 0.5) is 0 Å². The van der Waals surface area contributed by atoms with Crippen LogP contribution in [0.2, 0.25) is 0 Å². The van der Waals surface area contributed by atoms with E-state index in [4.69, 9.17) is 14.2 Å². The van der Waals surface area contributed by atoms with Crippen molar-refractivity contribution in [3.8, 4) is 17.2 Å². The van der Waals surface area contributed by atoms with Crippen molar-refractivity contribution < 1.29 is 14.2 Å². The SMILES string of the molecule is c1cc(OCc2ccncc2)cc([S+](c2cccc(OCc3ccncc3)c2)c2cccc(OCc3ccncc3)c2)c1. The van der Waals surface area contributed by atoms with Gasteiger partial charge in [-0.3, -0.25) is 15.0 Å². The van der Waals surface area contributed by atoms with E-state index in [1.807, 2.05) is 72.8 Å². The summed E-state index contributed by atoms with van der Waals surface area (Å²) in [4.78, 5) is 15.7. The van der Waals surface area contributed by atoms with Gasteiger partial charge in [0.15, 0.2) is 14.7 Å². The molecule has 3 aromatic heterocycles. The Kier molecular flexibility index (Phi) is 9.22. The van der Waals surface area contributed by atoms with Crippen molar-refractivity contribution >= 4 is 10.9 Å². The fourth-order valence-electron chi connectivity index (χ4n) is 4.42. The van der Waals surface area contributed by atoms with Crippen molar-refractivity contribution in [2.75, 3.05) is 0 Å². The number of ether oxygens (including phenoxy) is 3. The summed E-state index contributed by atoms with van der Waals surface area (Å²) in [7, 11) is -0.460. The second-order valence-corrected chi connectivity index (χ2v) is 11.7. The largest absolute Gasteiger partial charge is 0.489 e. The number of rotatable bonds is 12. The molecule has 0 aliphatic carbocycles. The van der Waals surface area contributed by atoms with E-state index < -0.39 is 10.9 Å². The maximum absolute atomic E-state index is 6.19. The molecule has 3 aromatic carbocycles. The van der Waals surface area contributed by atoms with Crippen molar-refractivity contribution in [3.05, 3.63) is 163 Å². The van der Waals surface area contributed by atoms with Gasteiger partial charge in [-0.2, -0.15) is 0 Å². The summed E-state index contributed by atoms with van der Waals surface area (Å²) in [5.41, 5.74) is 3.20. The molecule has 0 amide bonds. The van der Waals surface area contributed by atoms with Gasteiger partial charge in [-0.25, -0.2) is 0 Å². The van der Waals surface area contributed by atoms with Crippen molar-refractivity contribution in [1.82, 2.24) is 15.0 Å². The topological polar surface area (TPSA) is 66.4 Å². The summed E-state index contributed by atoms with van der Waals surface area (Å²) in [6.45, 7) is 1.41. The van der Waals surface area contributed by atoms with E-state index in [2.05, 4.69) is 51.4 Å². The van der Waals surface area contributed by atoms with Gasteiger partial charge < -0.3 is 14.2 Å². The van der Waals surface area contributed by atoms with Crippen LogP contribution in [0.5, 0.6) is 17.2 Å². The molecule has 43 heavy (non-hydrogen) atoms. The fraction of sp³-hybridized carbons (Fsp3) is 0.0833. The summed E-state index contributed by atoms with van der Waals surface area (Å²) in [5.74, 6) is 2.42. The fourth-order valence-corrected chi connectivity index (χ4v) is 6.58. The Labute approximate surface area is 254 Å². The molecule has 0 spiro atoms. The first-order valence-corrected chi connectivity index (χ1v) is 15.1. The molecule has 6 nitrogen and oxygen atoms in total. The lowest BCUT2D eigenvalue weighted by Crippen LogP contribution is -2.07. The maximum Gasteiger partial charge on any atom is 0.170 e. The van der Waals surface area contributed by atoms with Crippen LogP contribution in [0, 0.1) is 0 Å². The van der Waals surface area contributed by atoms with Crippen molar-refractivity contribution in [3.63, 3.8) is 0 Å². The summed E-state index contributed by atoms with van der Waals surface area (Å²) >= 11 is 0. The van der Waals surface area contributed by atoms with Gasteiger partial charge >= 0.3 is 0 Å². The molecule has 0 fully saturated rings. The Morgan fingerprint density at radius 1 is 0.395 bits per heavy atom. The minimum atomic E-state index is -0.460. The third kappa shape index (κ3) is 7.78. The van der Waals surface area contributed by atoms with Gasteiger partial charge in [-0.05, 0) is 89.5 Å². The second-order valence-electron chi connectivity index (χ2n) is 9.66. The number of hydrogen-bond donors (Lipinski definition) is 0. The Morgan fingerprint density at radius 2 is 0.698 bits per heavy atom. The lowest BCUT2D eigenvalue weighted by atomic mass is 10.3. The molecule has 212 valence electrons. The van der Waals surface area contributed by atoms with Crippen LogP contribution in [0.25, 0.3) is 0 Å². The predicted octanol–water partition coefficient (Wildman–Crippen LogP) is 7.70. The van der Waals surface area contributed by atoms with Crippen molar-refractivity contribution in [1.29, 1.82) is 0 Å². The van der Waals surface area contributed by atoms with Gasteiger partial charge in [0.2, 0.25) is 0 Å². The van der Waals surface area contributed by atoms with E-state index in [0.29, 0.717) is 19.8 Å². The smallest absolute Gasteiger partial charge is 0.170 e. The first kappa shape index (κ1) is 28.0. The quantitative estimate of drug-likeness (QED) is 0.137. The van der Waals surface area contributed by atoms with Crippen molar-refractivity contribution in [2.24, 2.45) is 0 Å². The minimum Gasteiger partial charge on any atom is -0.489 e. The molecular formula is C36H30N3O3S+. The molecule has 0 unspecified atom stereocenters. The molecule has 0 saturated carbocycles. The highest BCUT2D eigenvalue weighted by molar-refractivity contribution is 7.97. The highest BCUT2D eigenvalue weighted by Gasteiger charge is 2.30. The van der Waals surface area contributed by atoms with Crippen LogP contribution in [-0.4, -0.2) is 15.0 Å². The molecule has 6 rings (SSSR count). The van der Waals surface area contributed by atoms with Crippen molar-refractivity contribution in [2.45, 2.75) is 34.5 Å². The lowest BCUT2D eigenvalue weighted by molar-refractivity contribution is 0.305. The van der Waals surface area contributed by atoms with Gasteiger partial charge in [0.25, 0.3) is 0 Å². The van der Waals surface area contributed by atoms with E-state index in [0.717, 1.165) is 48.6 Å². The number of aromatic nitrogens is 3. The molecule has 0 radical (unpaired) electrons. The van der Waals surface area contributed by atoms with Crippen LogP contribution in [0.15, 0.2) is 161 Å². The molecule has 0 N–H and O–H groups in total. The first-order valence-electron chi connectivity index (χ1n) is 13.9. The number of pyridine rings is 3. The van der Waals surface area contributed by atoms with Gasteiger partial charge in [-0.15, -0.1) is 0 Å². The Hall–Kier alpha value is -5.14. The van der Waals surface area contributed by atoms with Crippen LogP contribution in [-0.2, 0) is 30.7 Å². The lowest BCUT2D eigenvalue weighted by Gasteiger charge is -2.13. The molecule has 0 bridgehead atoms. The highest BCUT2D eigenvalue weighted by atomic mass is 32.2. The highest BCUT2D eigenvalue weighted by Crippen LogP contribution is 2.36. The number of nitrogens with zero attached hydrogens (tertiary/aromatic N) is 3. The predicted molar refractivity (Wildman–Crippen MR) is 167 cm³/mol. The standard InChI is InChI=1S/C36H30N3O3S/c1-4-31(40-25-28-10-16-37-17-11-28)22-34(7-1)43(35-8-2-5-32(23-35)41-26-29-12-18-38-19-13-29)36-9-3-6-33(24-36)42-27-30-14-20-39-21-15-30/h1-24H,25-27H2/q+1. The zero-order chi connectivity index (χ0) is 29.1. The van der Waals surface area contributed by atoms with Gasteiger partial charge in [0, 0.05) is 55.4 Å². The molecule has 0 aliphatic heterocycles. The van der Waals surface area contributed by atoms with E-state index in [1.165, 1.54) is 0 Å². The molecule has 0 saturated heterocycles. The molecule has 6 aromatic rings. The Morgan fingerprint density at radius 3 is 1.00 bits per heavy atom. The van der Waals surface area contributed by atoms with E-state index in [-0.39, 0.29) is 0 Å². The molecule has 0 atom stereocenters. The van der Waals surface area contributed by atoms with E-state index in [9.17, 15) is 0 Å². The van der Waals surface area contributed by atoms with Gasteiger partial charge in [0.05, 0.1) is 10.9 Å². The van der Waals surface area contributed by atoms with Gasteiger partial charge in [-0.1, -0.05) is 18.2 Å². The third-order valence-corrected chi connectivity index (χ3v) is 8.76. The molecule has 7 heteroatoms. The van der Waals surface area contributed by atoms with Crippen LogP contribution >= 0.6 is 0 Å². The average Bonchev–Trinajstić information content (AvgIpc) is 3.08. The van der Waals surface area contributed by atoms with E-state index in [1.54, 1.807) is 37.2 Å². The average molecular weight is 585 g/mol. The number of benzene rings is 3. The summed E-state index contributed by atoms with van der Waals surface area (Å²) in [6.07, 6.45) is 10.7.